The van der Waals surface area contributed by atoms with Crippen LogP contribution in [0.4, 0.5) is 11.4 Å². The van der Waals surface area contributed by atoms with Crippen LogP contribution in [-0.2, 0) is 10.0 Å². The van der Waals surface area contributed by atoms with Crippen molar-refractivity contribution in [3.05, 3.63) is 28.3 Å². The molecule has 1 fully saturated rings. The van der Waals surface area contributed by atoms with Gasteiger partial charge in [-0.15, -0.1) is 0 Å². The smallest absolute Gasteiger partial charge is 0.289 e. The van der Waals surface area contributed by atoms with Gasteiger partial charge in [0.25, 0.3) is 5.69 Å². The molecule has 21 heavy (non-hydrogen) atoms. The van der Waals surface area contributed by atoms with Gasteiger partial charge in [-0.3, -0.25) is 10.1 Å². The summed E-state index contributed by atoms with van der Waals surface area (Å²) in [5, 5.41) is 11.0. The lowest BCUT2D eigenvalue weighted by molar-refractivity contribution is -0.387. The van der Waals surface area contributed by atoms with Gasteiger partial charge in [0.15, 0.2) is 4.90 Å². The number of nitrogens with two attached hydrogens (primary N) is 1. The van der Waals surface area contributed by atoms with Gasteiger partial charge in [0.05, 0.1) is 4.92 Å². The molecule has 0 spiro atoms. The third kappa shape index (κ3) is 3.51. The van der Waals surface area contributed by atoms with E-state index < -0.39 is 20.6 Å². The average molecular weight is 313 g/mol. The normalized spacial score (nSPS) is 16.6. The zero-order valence-corrected chi connectivity index (χ0v) is 12.6. The van der Waals surface area contributed by atoms with E-state index in [0.717, 1.165) is 37.8 Å². The summed E-state index contributed by atoms with van der Waals surface area (Å²) in [4.78, 5) is 9.88. The molecule has 1 saturated carbocycles. The highest BCUT2D eigenvalue weighted by molar-refractivity contribution is 7.89. The van der Waals surface area contributed by atoms with Gasteiger partial charge >= 0.3 is 0 Å². The Morgan fingerprint density at radius 2 is 2.10 bits per heavy atom. The molecule has 1 aliphatic carbocycles. The van der Waals surface area contributed by atoms with Gasteiger partial charge in [-0.25, -0.2) is 13.1 Å². The Labute approximate surface area is 123 Å². The van der Waals surface area contributed by atoms with E-state index in [1.54, 1.807) is 0 Å². The van der Waals surface area contributed by atoms with Crippen molar-refractivity contribution in [2.75, 3.05) is 12.3 Å². The first kappa shape index (κ1) is 15.7. The molecule has 0 bridgehead atoms. The minimum atomic E-state index is -3.94. The van der Waals surface area contributed by atoms with Crippen LogP contribution in [0.25, 0.3) is 0 Å². The van der Waals surface area contributed by atoms with E-state index in [0.29, 0.717) is 6.54 Å². The van der Waals surface area contributed by atoms with Crippen LogP contribution in [-0.4, -0.2) is 19.9 Å². The second kappa shape index (κ2) is 5.61. The number of hydrogen-bond donors (Lipinski definition) is 2. The third-order valence-corrected chi connectivity index (χ3v) is 5.28. The number of nitrogen functional groups attached to an aromatic ring is 1. The van der Waals surface area contributed by atoms with E-state index >= 15 is 0 Å². The van der Waals surface area contributed by atoms with Crippen molar-refractivity contribution < 1.29 is 13.3 Å². The number of nitrogens with zero attached hydrogens (tertiary/aromatic N) is 1. The molecule has 1 aromatic carbocycles. The Kier molecular flexibility index (Phi) is 4.20. The number of rotatable bonds is 7. The largest absolute Gasteiger partial charge is 0.399 e. The monoisotopic (exact) mass is 313 g/mol. The number of nitro benzene ring substituents is 1. The molecule has 2 rings (SSSR count). The molecule has 0 atom stereocenters. The van der Waals surface area contributed by atoms with Crippen molar-refractivity contribution in [2.45, 2.75) is 37.5 Å². The average Bonchev–Trinajstić information content (AvgIpc) is 3.17. The van der Waals surface area contributed by atoms with Gasteiger partial charge in [0.2, 0.25) is 10.0 Å². The summed E-state index contributed by atoms with van der Waals surface area (Å²) in [7, 11) is -3.94. The zero-order chi connectivity index (χ0) is 15.7. The van der Waals surface area contributed by atoms with Crippen molar-refractivity contribution in [1.82, 2.24) is 4.72 Å². The van der Waals surface area contributed by atoms with Crippen molar-refractivity contribution >= 4 is 21.4 Å². The molecule has 1 aromatic rings. The molecule has 0 heterocycles. The summed E-state index contributed by atoms with van der Waals surface area (Å²) in [5.41, 5.74) is 5.29. The molecule has 0 unspecified atom stereocenters. The van der Waals surface area contributed by atoms with Crippen LogP contribution in [0.5, 0.6) is 0 Å². The highest BCUT2D eigenvalue weighted by Crippen LogP contribution is 2.49. The van der Waals surface area contributed by atoms with Gasteiger partial charge in [-0.2, -0.15) is 0 Å². The first-order valence-electron chi connectivity index (χ1n) is 6.83. The van der Waals surface area contributed by atoms with Crippen molar-refractivity contribution in [3.63, 3.8) is 0 Å². The molecule has 0 saturated heterocycles. The number of nitrogens with one attached hydrogen (secondary N) is 1. The van der Waals surface area contributed by atoms with Gasteiger partial charge in [0.1, 0.15) is 0 Å². The van der Waals surface area contributed by atoms with Crippen LogP contribution in [0.1, 0.15) is 32.6 Å². The molecule has 0 radical (unpaired) electrons. The molecule has 0 amide bonds. The van der Waals surface area contributed by atoms with E-state index in [-0.39, 0.29) is 16.0 Å². The molecule has 0 aromatic heterocycles. The fourth-order valence-electron chi connectivity index (χ4n) is 2.44. The van der Waals surface area contributed by atoms with Gasteiger partial charge in [-0.1, -0.05) is 13.3 Å². The SMILES string of the molecule is CCCC1(CNS(=O)(=O)c2cc(N)ccc2[N+](=O)[O-])CC1. The number of benzene rings is 1. The molecule has 7 nitrogen and oxygen atoms in total. The molecule has 116 valence electrons. The Hall–Kier alpha value is -1.67. The summed E-state index contributed by atoms with van der Waals surface area (Å²) in [6.07, 6.45) is 3.92. The van der Waals surface area contributed by atoms with E-state index in [1.807, 2.05) is 0 Å². The van der Waals surface area contributed by atoms with Crippen LogP contribution in [0.3, 0.4) is 0 Å². The Morgan fingerprint density at radius 1 is 1.43 bits per heavy atom. The third-order valence-electron chi connectivity index (χ3n) is 3.84. The van der Waals surface area contributed by atoms with E-state index in [4.69, 9.17) is 5.73 Å². The van der Waals surface area contributed by atoms with Gasteiger partial charge in [0, 0.05) is 18.3 Å². The lowest BCUT2D eigenvalue weighted by atomic mass is 10.0. The second-order valence-electron chi connectivity index (χ2n) is 5.56. The topological polar surface area (TPSA) is 115 Å². The highest BCUT2D eigenvalue weighted by Gasteiger charge is 2.42. The molecule has 0 aliphatic heterocycles. The van der Waals surface area contributed by atoms with Crippen LogP contribution >= 0.6 is 0 Å². The van der Waals surface area contributed by atoms with Crippen LogP contribution < -0.4 is 10.5 Å². The van der Waals surface area contributed by atoms with E-state index in [9.17, 15) is 18.5 Å². The lowest BCUT2D eigenvalue weighted by Crippen LogP contribution is -2.30. The van der Waals surface area contributed by atoms with Gasteiger partial charge in [-0.05, 0) is 36.8 Å². The Bertz CT molecular complexity index is 653. The van der Waals surface area contributed by atoms with Crippen molar-refractivity contribution in [3.8, 4) is 0 Å². The fourth-order valence-corrected chi connectivity index (χ4v) is 3.81. The summed E-state index contributed by atoms with van der Waals surface area (Å²) in [6, 6.07) is 3.55. The summed E-state index contributed by atoms with van der Waals surface area (Å²) in [5.74, 6) is 0. The minimum absolute atomic E-state index is 0.0247. The predicted molar refractivity (Wildman–Crippen MR) is 79.3 cm³/mol. The summed E-state index contributed by atoms with van der Waals surface area (Å²) in [6.45, 7) is 2.37. The standard InChI is InChI=1S/C13H19N3O4S/c1-2-5-13(6-7-13)9-15-21(19,20)12-8-10(14)3-4-11(12)16(17)18/h3-4,8,15H,2,5-7,9,14H2,1H3. The summed E-state index contributed by atoms with van der Waals surface area (Å²) < 4.78 is 27.1. The number of anilines is 1. The van der Waals surface area contributed by atoms with Crippen molar-refractivity contribution in [1.29, 1.82) is 0 Å². The maximum absolute atomic E-state index is 12.3. The lowest BCUT2D eigenvalue weighted by Gasteiger charge is -2.15. The number of nitro groups is 1. The number of sulfonamides is 1. The highest BCUT2D eigenvalue weighted by atomic mass is 32.2. The van der Waals surface area contributed by atoms with Crippen molar-refractivity contribution in [2.24, 2.45) is 5.41 Å². The van der Waals surface area contributed by atoms with E-state index in [2.05, 4.69) is 11.6 Å². The molecule has 1 aliphatic rings. The minimum Gasteiger partial charge on any atom is -0.399 e. The molecule has 3 N–H and O–H groups in total. The number of hydrogen-bond acceptors (Lipinski definition) is 5. The predicted octanol–water partition coefficient (Wildman–Crippen LogP) is 2.04. The van der Waals surface area contributed by atoms with Crippen LogP contribution in [0, 0.1) is 15.5 Å². The second-order valence-corrected chi connectivity index (χ2v) is 7.29. The first-order chi connectivity index (χ1) is 9.80. The fraction of sp³-hybridized carbons (Fsp3) is 0.538. The van der Waals surface area contributed by atoms with Crippen LogP contribution in [0.15, 0.2) is 23.1 Å². The van der Waals surface area contributed by atoms with E-state index in [1.165, 1.54) is 6.07 Å². The van der Waals surface area contributed by atoms with Crippen LogP contribution in [0.2, 0.25) is 0 Å². The molecular formula is C13H19N3O4S. The maximum atomic E-state index is 12.3. The Morgan fingerprint density at radius 3 is 2.62 bits per heavy atom. The zero-order valence-electron chi connectivity index (χ0n) is 11.8. The first-order valence-corrected chi connectivity index (χ1v) is 8.32. The quantitative estimate of drug-likeness (QED) is 0.454. The Balaban J connectivity index is 2.23. The summed E-state index contributed by atoms with van der Waals surface area (Å²) >= 11 is 0. The molecule has 8 heteroatoms. The maximum Gasteiger partial charge on any atom is 0.289 e. The molecular weight excluding hydrogens is 294 g/mol. The van der Waals surface area contributed by atoms with Gasteiger partial charge < -0.3 is 5.73 Å².